The summed E-state index contributed by atoms with van der Waals surface area (Å²) in [4.78, 5) is 0.109. The second-order valence-electron chi connectivity index (χ2n) is 4.36. The monoisotopic (exact) mass is 292 g/mol. The third kappa shape index (κ3) is 3.22. The van der Waals surface area contributed by atoms with Crippen LogP contribution in [0.4, 0.5) is 4.39 Å². The Hall–Kier alpha value is -0.650. The van der Waals surface area contributed by atoms with Gasteiger partial charge in [0.1, 0.15) is 6.67 Å². The van der Waals surface area contributed by atoms with Gasteiger partial charge < -0.3 is 4.74 Å². The lowest BCUT2D eigenvalue weighted by Gasteiger charge is -2.35. The molecular weight excluding hydrogens is 279 g/mol. The third-order valence-corrected chi connectivity index (χ3v) is 4.53. The zero-order valence-corrected chi connectivity index (χ0v) is 11.3. The van der Waals surface area contributed by atoms with Gasteiger partial charge in [-0.2, -0.15) is 0 Å². The quantitative estimate of drug-likeness (QED) is 0.784. The van der Waals surface area contributed by atoms with Crippen LogP contribution in [0, 0.1) is 0 Å². The van der Waals surface area contributed by atoms with E-state index in [0.29, 0.717) is 5.92 Å². The number of halogens is 2. The number of rotatable bonds is 5. The van der Waals surface area contributed by atoms with Crippen LogP contribution in [0.5, 0.6) is 0 Å². The molecule has 18 heavy (non-hydrogen) atoms. The summed E-state index contributed by atoms with van der Waals surface area (Å²) in [6.45, 7) is -0.301. The van der Waals surface area contributed by atoms with Crippen LogP contribution < -0.4 is 0 Å². The van der Waals surface area contributed by atoms with Gasteiger partial charge in [0.25, 0.3) is 9.05 Å². The summed E-state index contributed by atoms with van der Waals surface area (Å²) >= 11 is 0. The van der Waals surface area contributed by atoms with E-state index < -0.39 is 15.7 Å². The van der Waals surface area contributed by atoms with E-state index in [1.165, 1.54) is 12.1 Å². The molecule has 6 heteroatoms. The highest BCUT2D eigenvalue weighted by molar-refractivity contribution is 8.13. The molecule has 1 fully saturated rings. The summed E-state index contributed by atoms with van der Waals surface area (Å²) in [6.07, 6.45) is 1.84. The Balaban J connectivity index is 1.93. The highest BCUT2D eigenvalue weighted by Gasteiger charge is 2.30. The molecule has 3 nitrogen and oxygen atoms in total. The molecule has 1 aromatic rings. The van der Waals surface area contributed by atoms with Crippen molar-refractivity contribution in [1.82, 2.24) is 0 Å². The van der Waals surface area contributed by atoms with Crippen molar-refractivity contribution in [1.29, 1.82) is 0 Å². The van der Waals surface area contributed by atoms with E-state index in [2.05, 4.69) is 0 Å². The molecule has 0 aliphatic heterocycles. The molecule has 1 aliphatic rings. The first kappa shape index (κ1) is 13.8. The molecule has 0 N–H and O–H groups in total. The summed E-state index contributed by atoms with van der Waals surface area (Å²) in [5.74, 6) is 0.363. The van der Waals surface area contributed by atoms with Gasteiger partial charge in [-0.15, -0.1) is 0 Å². The van der Waals surface area contributed by atoms with Crippen molar-refractivity contribution in [2.45, 2.75) is 29.8 Å². The number of alkyl halides is 1. The lowest BCUT2D eigenvalue weighted by atomic mass is 9.77. The molecule has 0 aromatic heterocycles. The van der Waals surface area contributed by atoms with Crippen LogP contribution in [0.1, 0.15) is 24.3 Å². The fourth-order valence-corrected chi connectivity index (χ4v) is 2.86. The van der Waals surface area contributed by atoms with Gasteiger partial charge in [0.05, 0.1) is 17.6 Å². The van der Waals surface area contributed by atoms with Crippen LogP contribution in [-0.2, 0) is 13.8 Å². The smallest absolute Gasteiger partial charge is 0.261 e. The summed E-state index contributed by atoms with van der Waals surface area (Å²) in [5.41, 5.74) is 1.07. The maximum absolute atomic E-state index is 11.9. The molecule has 1 aliphatic carbocycles. The van der Waals surface area contributed by atoms with Gasteiger partial charge in [0.15, 0.2) is 0 Å². The molecule has 0 atom stereocenters. The van der Waals surface area contributed by atoms with Gasteiger partial charge in [0, 0.05) is 10.7 Å². The lowest BCUT2D eigenvalue weighted by molar-refractivity contribution is -0.0153. The largest absolute Gasteiger partial charge is 0.375 e. The van der Waals surface area contributed by atoms with Gasteiger partial charge in [0.2, 0.25) is 0 Å². The van der Waals surface area contributed by atoms with Gasteiger partial charge in [-0.1, -0.05) is 12.1 Å². The Morgan fingerprint density at radius 3 is 2.39 bits per heavy atom. The second kappa shape index (κ2) is 5.55. The Bertz CT molecular complexity index is 495. The van der Waals surface area contributed by atoms with Crippen molar-refractivity contribution in [3.05, 3.63) is 29.8 Å². The highest BCUT2D eigenvalue weighted by Crippen LogP contribution is 2.38. The summed E-state index contributed by atoms with van der Waals surface area (Å²) < 4.78 is 39.3. The summed E-state index contributed by atoms with van der Waals surface area (Å²) in [7, 11) is 1.58. The molecular formula is C12H14ClFO3S. The van der Waals surface area contributed by atoms with E-state index in [-0.39, 0.29) is 17.6 Å². The fourth-order valence-electron chi connectivity index (χ4n) is 2.09. The molecule has 0 saturated heterocycles. The van der Waals surface area contributed by atoms with E-state index in [4.69, 9.17) is 15.4 Å². The number of hydrogen-bond acceptors (Lipinski definition) is 3. The van der Waals surface area contributed by atoms with Crippen molar-refractivity contribution in [3.63, 3.8) is 0 Å². The molecule has 0 spiro atoms. The predicted octanol–water partition coefficient (Wildman–Crippen LogP) is 2.85. The van der Waals surface area contributed by atoms with Crippen LogP contribution in [0.15, 0.2) is 29.2 Å². The maximum Gasteiger partial charge on any atom is 0.261 e. The number of hydrogen-bond donors (Lipinski definition) is 0. The van der Waals surface area contributed by atoms with Gasteiger partial charge in [-0.25, -0.2) is 12.8 Å². The normalized spacial score (nSPS) is 23.7. The molecule has 0 bridgehead atoms. The zero-order valence-electron chi connectivity index (χ0n) is 9.68. The third-order valence-electron chi connectivity index (χ3n) is 3.16. The SMILES string of the molecule is O=S(=O)(Cl)c1ccc(C2CC(OCCF)C2)cc1. The minimum Gasteiger partial charge on any atom is -0.375 e. The van der Waals surface area contributed by atoms with Crippen molar-refractivity contribution in [3.8, 4) is 0 Å². The molecule has 0 amide bonds. The van der Waals surface area contributed by atoms with Crippen molar-refractivity contribution in [2.24, 2.45) is 0 Å². The average Bonchev–Trinajstić information content (AvgIpc) is 2.26. The van der Waals surface area contributed by atoms with Crippen LogP contribution in [0.2, 0.25) is 0 Å². The summed E-state index contributed by atoms with van der Waals surface area (Å²) in [5, 5.41) is 0. The molecule has 100 valence electrons. The van der Waals surface area contributed by atoms with Gasteiger partial charge in [-0.05, 0) is 36.5 Å². The Morgan fingerprint density at radius 1 is 1.28 bits per heavy atom. The summed E-state index contributed by atoms with van der Waals surface area (Å²) in [6, 6.07) is 6.55. The number of ether oxygens (including phenoxy) is 1. The minimum atomic E-state index is -3.65. The first-order valence-corrected chi connectivity index (χ1v) is 8.04. The second-order valence-corrected chi connectivity index (χ2v) is 6.92. The molecule has 1 aromatic carbocycles. The van der Waals surface area contributed by atoms with E-state index >= 15 is 0 Å². The van der Waals surface area contributed by atoms with Gasteiger partial charge >= 0.3 is 0 Å². The molecule has 2 rings (SSSR count). The Kier molecular flexibility index (Phi) is 4.25. The Labute approximate surface area is 110 Å². The topological polar surface area (TPSA) is 43.4 Å². The highest BCUT2D eigenvalue weighted by atomic mass is 35.7. The number of benzene rings is 1. The minimum absolute atomic E-state index is 0.109. The standard InChI is InChI=1S/C12H14ClFO3S/c13-18(15,16)12-3-1-9(2-4-12)10-7-11(8-10)17-6-5-14/h1-4,10-11H,5-8H2. The van der Waals surface area contributed by atoms with E-state index in [9.17, 15) is 12.8 Å². The van der Waals surface area contributed by atoms with E-state index in [1.807, 2.05) is 0 Å². The van der Waals surface area contributed by atoms with Crippen LogP contribution in [0.25, 0.3) is 0 Å². The van der Waals surface area contributed by atoms with E-state index in [0.717, 1.165) is 18.4 Å². The Morgan fingerprint density at radius 2 is 1.89 bits per heavy atom. The molecule has 0 radical (unpaired) electrons. The first-order valence-electron chi connectivity index (χ1n) is 5.73. The van der Waals surface area contributed by atoms with Crippen LogP contribution >= 0.6 is 10.7 Å². The van der Waals surface area contributed by atoms with Crippen molar-refractivity contribution >= 4 is 19.7 Å². The molecule has 0 heterocycles. The first-order chi connectivity index (χ1) is 8.50. The zero-order chi connectivity index (χ0) is 13.2. The fraction of sp³-hybridized carbons (Fsp3) is 0.500. The average molecular weight is 293 g/mol. The lowest BCUT2D eigenvalue weighted by Crippen LogP contribution is -2.30. The van der Waals surface area contributed by atoms with E-state index in [1.54, 1.807) is 12.1 Å². The van der Waals surface area contributed by atoms with Crippen LogP contribution in [0.3, 0.4) is 0 Å². The molecule has 1 saturated carbocycles. The van der Waals surface area contributed by atoms with Crippen molar-refractivity contribution in [2.75, 3.05) is 13.3 Å². The predicted molar refractivity (Wildman–Crippen MR) is 67.2 cm³/mol. The molecule has 0 unspecified atom stereocenters. The van der Waals surface area contributed by atoms with Crippen molar-refractivity contribution < 1.29 is 17.5 Å². The van der Waals surface area contributed by atoms with Crippen LogP contribution in [-0.4, -0.2) is 27.8 Å². The van der Waals surface area contributed by atoms with Gasteiger partial charge in [-0.3, -0.25) is 0 Å². The maximum atomic E-state index is 11.9.